The molecule has 0 aliphatic heterocycles. The first-order valence-electron chi connectivity index (χ1n) is 11.1. The predicted octanol–water partition coefficient (Wildman–Crippen LogP) is 6.89. The summed E-state index contributed by atoms with van der Waals surface area (Å²) in [5.41, 5.74) is 2.99. The van der Waals surface area contributed by atoms with Gasteiger partial charge in [-0.25, -0.2) is 9.78 Å². The van der Waals surface area contributed by atoms with E-state index in [-0.39, 0.29) is 0 Å². The van der Waals surface area contributed by atoms with E-state index in [9.17, 15) is 9.90 Å². The Morgan fingerprint density at radius 1 is 0.941 bits per heavy atom. The number of hydrogen-bond donors (Lipinski definition) is 1. The van der Waals surface area contributed by atoms with Gasteiger partial charge in [-0.3, -0.25) is 0 Å². The van der Waals surface area contributed by atoms with Gasteiger partial charge in [0.2, 0.25) is 5.89 Å². The van der Waals surface area contributed by atoms with Crippen molar-refractivity contribution in [2.24, 2.45) is 0 Å². The van der Waals surface area contributed by atoms with Crippen LogP contribution in [0.15, 0.2) is 88.2 Å². The van der Waals surface area contributed by atoms with Gasteiger partial charge in [0.15, 0.2) is 5.60 Å². The molecule has 4 rings (SSSR count). The molecule has 0 amide bonds. The molecule has 0 unspecified atom stereocenters. The minimum absolute atomic E-state index is 0.534. The molecule has 0 bridgehead atoms. The molecule has 3 aromatic carbocycles. The third-order valence-electron chi connectivity index (χ3n) is 5.45. The summed E-state index contributed by atoms with van der Waals surface area (Å²) in [7, 11) is 0. The van der Waals surface area contributed by atoms with Gasteiger partial charge in [-0.2, -0.15) is 0 Å². The second-order valence-electron chi connectivity index (χ2n) is 8.45. The fourth-order valence-corrected chi connectivity index (χ4v) is 4.29. The number of hydrogen-bond acceptors (Lipinski definition) is 5. The highest BCUT2D eigenvalue weighted by molar-refractivity contribution is 7.99. The van der Waals surface area contributed by atoms with Crippen LogP contribution in [0.3, 0.4) is 0 Å². The minimum Gasteiger partial charge on any atom is -0.478 e. The van der Waals surface area contributed by atoms with Gasteiger partial charge in [0.1, 0.15) is 11.5 Å². The lowest BCUT2D eigenvalue weighted by Gasteiger charge is -2.21. The van der Waals surface area contributed by atoms with Gasteiger partial charge in [0, 0.05) is 22.6 Å². The molecule has 174 valence electrons. The Kier molecular flexibility index (Phi) is 7.08. The first kappa shape index (κ1) is 23.6. The van der Waals surface area contributed by atoms with Crippen molar-refractivity contribution < 1.29 is 19.1 Å². The SMILES string of the molecule is Cc1oc(-c2ccc(-c3ccccc3)cc2)nc1CCSc1ccc(OC(C)(C)C(=O)O)cc1. The van der Waals surface area contributed by atoms with Gasteiger partial charge in [-0.15, -0.1) is 11.8 Å². The maximum absolute atomic E-state index is 11.2. The summed E-state index contributed by atoms with van der Waals surface area (Å²) in [6.45, 7) is 5.01. The van der Waals surface area contributed by atoms with E-state index in [2.05, 4.69) is 24.3 Å². The quantitative estimate of drug-likeness (QED) is 0.267. The molecule has 34 heavy (non-hydrogen) atoms. The van der Waals surface area contributed by atoms with E-state index in [0.29, 0.717) is 11.6 Å². The summed E-state index contributed by atoms with van der Waals surface area (Å²) >= 11 is 1.71. The first-order valence-corrected chi connectivity index (χ1v) is 12.1. The third-order valence-corrected chi connectivity index (χ3v) is 6.46. The summed E-state index contributed by atoms with van der Waals surface area (Å²) in [6.07, 6.45) is 0.784. The lowest BCUT2D eigenvalue weighted by Crippen LogP contribution is -2.37. The lowest BCUT2D eigenvalue weighted by molar-refractivity contribution is -0.152. The van der Waals surface area contributed by atoms with Crippen LogP contribution < -0.4 is 4.74 Å². The Balaban J connectivity index is 1.34. The zero-order valence-electron chi connectivity index (χ0n) is 19.4. The van der Waals surface area contributed by atoms with Gasteiger partial charge >= 0.3 is 5.97 Å². The molecule has 0 aliphatic rings. The molecule has 0 atom stereocenters. The Bertz CT molecular complexity index is 1250. The Morgan fingerprint density at radius 3 is 2.21 bits per heavy atom. The van der Waals surface area contributed by atoms with Crippen LogP contribution in [0.4, 0.5) is 0 Å². The average Bonchev–Trinajstić information content (AvgIpc) is 3.21. The number of nitrogens with zero attached hydrogens (tertiary/aromatic N) is 1. The van der Waals surface area contributed by atoms with Crippen molar-refractivity contribution in [2.75, 3.05) is 5.75 Å². The summed E-state index contributed by atoms with van der Waals surface area (Å²) < 4.78 is 11.5. The lowest BCUT2D eigenvalue weighted by atomic mass is 10.0. The summed E-state index contributed by atoms with van der Waals surface area (Å²) in [6, 6.07) is 26.0. The van der Waals surface area contributed by atoms with Crippen molar-refractivity contribution in [3.8, 4) is 28.3 Å². The van der Waals surface area contributed by atoms with Crippen LogP contribution in [-0.4, -0.2) is 27.4 Å². The van der Waals surface area contributed by atoms with E-state index in [4.69, 9.17) is 14.1 Å². The summed E-state index contributed by atoms with van der Waals surface area (Å²) in [4.78, 5) is 17.0. The molecule has 0 saturated carbocycles. The van der Waals surface area contributed by atoms with Gasteiger partial charge in [0.05, 0.1) is 5.69 Å². The number of carboxylic acids is 1. The van der Waals surface area contributed by atoms with Crippen LogP contribution in [0.25, 0.3) is 22.6 Å². The van der Waals surface area contributed by atoms with Gasteiger partial charge in [-0.05, 0) is 68.3 Å². The van der Waals surface area contributed by atoms with E-state index < -0.39 is 11.6 Å². The Morgan fingerprint density at radius 2 is 1.56 bits per heavy atom. The van der Waals surface area contributed by atoms with E-state index in [1.165, 1.54) is 19.4 Å². The minimum atomic E-state index is -1.27. The summed E-state index contributed by atoms with van der Waals surface area (Å²) in [5.74, 6) is 1.86. The fraction of sp³-hybridized carbons (Fsp3) is 0.214. The number of ether oxygens (including phenoxy) is 1. The van der Waals surface area contributed by atoms with Crippen LogP contribution in [0.5, 0.6) is 5.75 Å². The molecular formula is C28H27NO4S. The van der Waals surface area contributed by atoms with Gasteiger partial charge in [0.25, 0.3) is 0 Å². The molecule has 0 spiro atoms. The molecular weight excluding hydrogens is 446 g/mol. The molecule has 4 aromatic rings. The van der Waals surface area contributed by atoms with Crippen LogP contribution in [-0.2, 0) is 11.2 Å². The van der Waals surface area contributed by atoms with Gasteiger partial charge in [-0.1, -0.05) is 42.5 Å². The van der Waals surface area contributed by atoms with Crippen molar-refractivity contribution in [3.05, 3.63) is 90.3 Å². The van der Waals surface area contributed by atoms with Gasteiger partial charge < -0.3 is 14.3 Å². The number of aryl methyl sites for hydroxylation is 2. The van der Waals surface area contributed by atoms with Crippen LogP contribution in [0.2, 0.25) is 0 Å². The molecule has 0 aliphatic carbocycles. The van der Waals surface area contributed by atoms with Crippen molar-refractivity contribution in [3.63, 3.8) is 0 Å². The van der Waals surface area contributed by atoms with Crippen molar-refractivity contribution in [1.82, 2.24) is 4.98 Å². The van der Waals surface area contributed by atoms with E-state index >= 15 is 0 Å². The maximum Gasteiger partial charge on any atom is 0.347 e. The molecule has 1 N–H and O–H groups in total. The van der Waals surface area contributed by atoms with Crippen LogP contribution in [0.1, 0.15) is 25.3 Å². The highest BCUT2D eigenvalue weighted by Crippen LogP contribution is 2.28. The highest BCUT2D eigenvalue weighted by atomic mass is 32.2. The zero-order chi connectivity index (χ0) is 24.1. The Labute approximate surface area is 203 Å². The first-order chi connectivity index (χ1) is 16.3. The number of carboxylic acid groups (broad SMARTS) is 1. The topological polar surface area (TPSA) is 72.6 Å². The molecule has 0 radical (unpaired) electrons. The summed E-state index contributed by atoms with van der Waals surface area (Å²) in [5, 5.41) is 9.20. The monoisotopic (exact) mass is 473 g/mol. The van der Waals surface area contributed by atoms with Crippen LogP contribution >= 0.6 is 11.8 Å². The standard InChI is InChI=1S/C28H27NO4S/c1-19-25(17-18-34-24-15-13-23(14-16-24)33-28(2,3)27(30)31)29-26(32-19)22-11-9-21(10-12-22)20-7-5-4-6-8-20/h4-16H,17-18H2,1-3H3,(H,30,31). The number of benzene rings is 3. The zero-order valence-corrected chi connectivity index (χ0v) is 20.3. The number of aromatic nitrogens is 1. The van der Waals surface area contributed by atoms with Crippen molar-refractivity contribution in [2.45, 2.75) is 37.7 Å². The average molecular weight is 474 g/mol. The third kappa shape index (κ3) is 5.69. The molecule has 0 fully saturated rings. The molecule has 1 aromatic heterocycles. The highest BCUT2D eigenvalue weighted by Gasteiger charge is 2.29. The van der Waals surface area contributed by atoms with E-state index in [1.807, 2.05) is 49.4 Å². The fourth-order valence-electron chi connectivity index (χ4n) is 3.43. The predicted molar refractivity (Wildman–Crippen MR) is 135 cm³/mol. The number of aliphatic carboxylic acids is 1. The number of carbonyl (C=O) groups is 1. The number of oxazole rings is 1. The number of thioether (sulfide) groups is 1. The molecule has 6 heteroatoms. The van der Waals surface area contributed by atoms with Crippen molar-refractivity contribution >= 4 is 17.7 Å². The van der Waals surface area contributed by atoms with E-state index in [1.54, 1.807) is 23.9 Å². The molecule has 5 nitrogen and oxygen atoms in total. The normalized spacial score (nSPS) is 11.4. The van der Waals surface area contributed by atoms with E-state index in [0.717, 1.165) is 39.7 Å². The second kappa shape index (κ2) is 10.2. The smallest absolute Gasteiger partial charge is 0.347 e. The largest absolute Gasteiger partial charge is 0.478 e. The molecule has 0 saturated heterocycles. The van der Waals surface area contributed by atoms with Crippen LogP contribution in [0, 0.1) is 6.92 Å². The van der Waals surface area contributed by atoms with Crippen molar-refractivity contribution in [1.29, 1.82) is 0 Å². The maximum atomic E-state index is 11.2. The number of rotatable bonds is 9. The Hall–Kier alpha value is -3.51. The molecule has 1 heterocycles. The second-order valence-corrected chi connectivity index (χ2v) is 9.62.